The van der Waals surface area contributed by atoms with E-state index in [1.54, 1.807) is 10.0 Å². The van der Waals surface area contributed by atoms with Crippen molar-refractivity contribution in [3.05, 3.63) is 90.5 Å². The molecule has 2 aliphatic rings. The van der Waals surface area contributed by atoms with Crippen LogP contribution in [0.2, 0.25) is 0 Å². The average Bonchev–Trinajstić information content (AvgIpc) is 2.76. The first-order valence-electron chi connectivity index (χ1n) is 9.78. The molecule has 1 fully saturated rings. The number of carbonyl (C=O) groups excluding carboxylic acids is 2. The highest BCUT2D eigenvalue weighted by molar-refractivity contribution is 6.08. The van der Waals surface area contributed by atoms with Crippen LogP contribution in [-0.4, -0.2) is 22.5 Å². The highest BCUT2D eigenvalue weighted by Crippen LogP contribution is 2.47. The minimum Gasteiger partial charge on any atom is -0.316 e. The summed E-state index contributed by atoms with van der Waals surface area (Å²) in [6, 6.07) is 27.1. The standard InChI is InChI=1S/C24H21N3O2/c1-24-17-16-22(28)26(19-12-6-3-7-13-19)27(24)23(29)20-14-8-9-15-21(20)25(24)18-10-4-2-5-11-18/h2-15H,16-17H2,1H3. The van der Waals surface area contributed by atoms with E-state index in [0.717, 1.165) is 11.4 Å². The number of benzene rings is 3. The number of anilines is 3. The Labute approximate surface area is 169 Å². The topological polar surface area (TPSA) is 43.9 Å². The van der Waals surface area contributed by atoms with Gasteiger partial charge in [0, 0.05) is 18.5 Å². The van der Waals surface area contributed by atoms with E-state index in [4.69, 9.17) is 0 Å². The molecule has 0 bridgehead atoms. The lowest BCUT2D eigenvalue weighted by Crippen LogP contribution is -2.71. The van der Waals surface area contributed by atoms with Crippen LogP contribution in [0.4, 0.5) is 17.1 Å². The number of fused-ring (bicyclic) bond motifs is 2. The van der Waals surface area contributed by atoms with Gasteiger partial charge in [0.2, 0.25) is 5.91 Å². The van der Waals surface area contributed by atoms with Gasteiger partial charge >= 0.3 is 0 Å². The summed E-state index contributed by atoms with van der Waals surface area (Å²) in [6.07, 6.45) is 0.908. The fourth-order valence-electron chi connectivity index (χ4n) is 4.44. The maximum atomic E-state index is 13.7. The predicted molar refractivity (Wildman–Crippen MR) is 113 cm³/mol. The van der Waals surface area contributed by atoms with Gasteiger partial charge in [0.25, 0.3) is 5.91 Å². The van der Waals surface area contributed by atoms with Gasteiger partial charge in [-0.15, -0.1) is 0 Å². The van der Waals surface area contributed by atoms with E-state index in [-0.39, 0.29) is 11.8 Å². The molecule has 5 rings (SSSR count). The van der Waals surface area contributed by atoms with Gasteiger partial charge in [-0.25, -0.2) is 10.0 Å². The van der Waals surface area contributed by atoms with Crippen LogP contribution in [0, 0.1) is 0 Å². The van der Waals surface area contributed by atoms with Crippen molar-refractivity contribution in [3.63, 3.8) is 0 Å². The number of carbonyl (C=O) groups is 2. The lowest BCUT2D eigenvalue weighted by Gasteiger charge is -2.58. The summed E-state index contributed by atoms with van der Waals surface area (Å²) in [4.78, 5) is 28.9. The maximum Gasteiger partial charge on any atom is 0.277 e. The van der Waals surface area contributed by atoms with Crippen LogP contribution in [0.1, 0.15) is 30.1 Å². The van der Waals surface area contributed by atoms with Gasteiger partial charge in [0.1, 0.15) is 5.66 Å². The van der Waals surface area contributed by atoms with Gasteiger partial charge < -0.3 is 4.90 Å². The minimum atomic E-state index is -0.712. The Balaban J connectivity index is 1.76. The van der Waals surface area contributed by atoms with E-state index in [1.165, 1.54) is 0 Å². The van der Waals surface area contributed by atoms with Crippen LogP contribution in [-0.2, 0) is 4.79 Å². The fraction of sp³-hybridized carbons (Fsp3) is 0.167. The van der Waals surface area contributed by atoms with E-state index in [9.17, 15) is 9.59 Å². The molecule has 2 heterocycles. The summed E-state index contributed by atoms with van der Waals surface area (Å²) in [5.41, 5.74) is 2.43. The molecule has 144 valence electrons. The molecule has 0 aromatic heterocycles. The van der Waals surface area contributed by atoms with Gasteiger partial charge in [-0.3, -0.25) is 9.59 Å². The summed E-state index contributed by atoms with van der Waals surface area (Å²) in [7, 11) is 0. The van der Waals surface area contributed by atoms with E-state index in [0.29, 0.717) is 24.1 Å². The predicted octanol–water partition coefficient (Wildman–Crippen LogP) is 4.74. The first-order chi connectivity index (χ1) is 14.1. The molecular weight excluding hydrogens is 362 g/mol. The second-order valence-electron chi connectivity index (χ2n) is 7.56. The molecule has 5 nitrogen and oxygen atoms in total. The van der Waals surface area contributed by atoms with Crippen molar-refractivity contribution >= 4 is 28.9 Å². The summed E-state index contributed by atoms with van der Waals surface area (Å²) < 4.78 is 0. The van der Waals surface area contributed by atoms with E-state index >= 15 is 0 Å². The molecule has 5 heteroatoms. The molecule has 0 aliphatic carbocycles. The molecule has 1 saturated heterocycles. The molecule has 1 unspecified atom stereocenters. The first kappa shape index (κ1) is 17.5. The highest BCUT2D eigenvalue weighted by atomic mass is 16.2. The zero-order valence-corrected chi connectivity index (χ0v) is 16.2. The SMILES string of the molecule is CC12CCC(=O)N(c3ccccc3)N1C(=O)c1ccccc1N2c1ccccc1. The molecule has 3 aromatic carbocycles. The molecular formula is C24H21N3O2. The summed E-state index contributed by atoms with van der Waals surface area (Å²) in [5.74, 6) is -0.235. The lowest BCUT2D eigenvalue weighted by molar-refractivity contribution is -0.126. The van der Waals surface area contributed by atoms with Crippen molar-refractivity contribution in [2.45, 2.75) is 25.4 Å². The summed E-state index contributed by atoms with van der Waals surface area (Å²) >= 11 is 0. The second-order valence-corrected chi connectivity index (χ2v) is 7.56. The van der Waals surface area contributed by atoms with Crippen LogP contribution >= 0.6 is 0 Å². The smallest absolute Gasteiger partial charge is 0.277 e. The molecule has 0 radical (unpaired) electrons. The van der Waals surface area contributed by atoms with Crippen LogP contribution in [0.5, 0.6) is 0 Å². The van der Waals surface area contributed by atoms with E-state index < -0.39 is 5.66 Å². The fourth-order valence-corrected chi connectivity index (χ4v) is 4.44. The molecule has 0 N–H and O–H groups in total. The molecule has 3 aromatic rings. The number of hydrazine groups is 1. The Bertz CT molecular complexity index is 1080. The van der Waals surface area contributed by atoms with Crippen molar-refractivity contribution in [2.75, 3.05) is 9.91 Å². The minimum absolute atomic E-state index is 0.0746. The van der Waals surface area contributed by atoms with E-state index in [2.05, 4.69) is 4.90 Å². The van der Waals surface area contributed by atoms with Crippen LogP contribution in [0.15, 0.2) is 84.9 Å². The normalized spacial score (nSPS) is 21.1. The third kappa shape index (κ3) is 2.54. The highest BCUT2D eigenvalue weighted by Gasteiger charge is 2.54. The number of nitrogens with zero attached hydrogens (tertiary/aromatic N) is 3. The second kappa shape index (κ2) is 6.48. The summed E-state index contributed by atoms with van der Waals surface area (Å²) in [5, 5.41) is 3.20. The van der Waals surface area contributed by atoms with Crippen molar-refractivity contribution in [2.24, 2.45) is 0 Å². The number of hydrogen-bond donors (Lipinski definition) is 0. The number of para-hydroxylation sites is 3. The van der Waals surface area contributed by atoms with Crippen LogP contribution in [0.25, 0.3) is 0 Å². The number of rotatable bonds is 2. The lowest BCUT2D eigenvalue weighted by atomic mass is 9.91. The third-order valence-electron chi connectivity index (χ3n) is 5.77. The van der Waals surface area contributed by atoms with Gasteiger partial charge in [0.05, 0.1) is 16.9 Å². The van der Waals surface area contributed by atoms with E-state index in [1.807, 2.05) is 91.9 Å². The quantitative estimate of drug-likeness (QED) is 0.642. The Hall–Kier alpha value is -3.60. The summed E-state index contributed by atoms with van der Waals surface area (Å²) in [6.45, 7) is 2.04. The van der Waals surface area contributed by atoms with Gasteiger partial charge in [-0.05, 0) is 43.3 Å². The van der Waals surface area contributed by atoms with Crippen molar-refractivity contribution in [1.29, 1.82) is 0 Å². The molecule has 2 aliphatic heterocycles. The number of hydrogen-bond acceptors (Lipinski definition) is 3. The Morgan fingerprint density at radius 1 is 0.759 bits per heavy atom. The van der Waals surface area contributed by atoms with Crippen LogP contribution < -0.4 is 9.91 Å². The van der Waals surface area contributed by atoms with Gasteiger partial charge in [-0.1, -0.05) is 48.5 Å². The maximum absolute atomic E-state index is 13.7. The number of amides is 2. The first-order valence-corrected chi connectivity index (χ1v) is 9.78. The Kier molecular flexibility index (Phi) is 3.91. The largest absolute Gasteiger partial charge is 0.316 e. The van der Waals surface area contributed by atoms with Crippen LogP contribution in [0.3, 0.4) is 0 Å². The Morgan fingerprint density at radius 3 is 2.03 bits per heavy atom. The monoisotopic (exact) mass is 383 g/mol. The third-order valence-corrected chi connectivity index (χ3v) is 5.77. The van der Waals surface area contributed by atoms with Crippen molar-refractivity contribution in [1.82, 2.24) is 5.01 Å². The molecule has 0 spiro atoms. The molecule has 2 amide bonds. The zero-order valence-electron chi connectivity index (χ0n) is 16.2. The molecule has 29 heavy (non-hydrogen) atoms. The Morgan fingerprint density at radius 2 is 1.34 bits per heavy atom. The zero-order chi connectivity index (χ0) is 20.0. The van der Waals surface area contributed by atoms with Gasteiger partial charge in [0.15, 0.2) is 0 Å². The molecule has 1 atom stereocenters. The van der Waals surface area contributed by atoms with Crippen molar-refractivity contribution < 1.29 is 9.59 Å². The average molecular weight is 383 g/mol. The van der Waals surface area contributed by atoms with Gasteiger partial charge in [-0.2, -0.15) is 0 Å². The molecule has 0 saturated carbocycles. The van der Waals surface area contributed by atoms with Crippen molar-refractivity contribution in [3.8, 4) is 0 Å².